The molecule has 2 N–H and O–H groups in total. The van der Waals surface area contributed by atoms with E-state index in [-0.39, 0.29) is 13.2 Å². The molecule has 0 aliphatic carbocycles. The molecule has 0 spiro atoms. The molecule has 0 rings (SSSR count). The molecule has 0 bridgehead atoms. The molecule has 0 aromatic heterocycles. The smallest absolute Gasteiger partial charge is 0.384 e. The number of carbonyl (C=O) groups is 2. The van der Waals surface area contributed by atoms with Crippen LogP contribution in [0.15, 0.2) is 0 Å². The minimum atomic E-state index is -1.05. The Hall–Kier alpha value is -1.54. The van der Waals surface area contributed by atoms with Gasteiger partial charge in [0.05, 0.1) is 13.2 Å². The lowest BCUT2D eigenvalue weighted by Gasteiger charge is -1.99. The maximum absolute atomic E-state index is 10.6. The lowest BCUT2D eigenvalue weighted by atomic mass is 10.3. The van der Waals surface area contributed by atoms with E-state index in [0.29, 0.717) is 6.41 Å². The molecular formula is C8H11NO4. The highest BCUT2D eigenvalue weighted by atomic mass is 16.5. The Morgan fingerprint density at radius 1 is 1.77 bits per heavy atom. The summed E-state index contributed by atoms with van der Waals surface area (Å²) in [5.41, 5.74) is 0. The molecule has 0 aliphatic heterocycles. The highest BCUT2D eigenvalue weighted by Crippen LogP contribution is 1.78. The molecule has 0 fully saturated rings. The second-order valence-corrected chi connectivity index (χ2v) is 2.03. The molecule has 0 heterocycles. The fraction of sp³-hybridized carbons (Fsp3) is 0.500. The van der Waals surface area contributed by atoms with Gasteiger partial charge < -0.3 is 15.2 Å². The number of esters is 1. The number of hydrogen-bond acceptors (Lipinski definition) is 4. The quantitative estimate of drug-likeness (QED) is 0.246. The SMILES string of the molecule is CCOC(=O)C#CC(O)CNC=O. The molecule has 1 unspecified atom stereocenters. The van der Waals surface area contributed by atoms with E-state index in [1.54, 1.807) is 6.92 Å². The molecule has 1 atom stereocenters. The van der Waals surface area contributed by atoms with Gasteiger partial charge in [-0.2, -0.15) is 0 Å². The van der Waals surface area contributed by atoms with E-state index in [9.17, 15) is 9.59 Å². The highest BCUT2D eigenvalue weighted by molar-refractivity contribution is 5.88. The number of aliphatic hydroxyl groups is 1. The third kappa shape index (κ3) is 6.84. The first-order chi connectivity index (χ1) is 6.20. The van der Waals surface area contributed by atoms with Crippen LogP contribution in [-0.4, -0.2) is 36.7 Å². The zero-order valence-electron chi connectivity index (χ0n) is 7.24. The van der Waals surface area contributed by atoms with Crippen LogP contribution in [0.4, 0.5) is 0 Å². The first kappa shape index (κ1) is 11.5. The predicted octanol–water partition coefficient (Wildman–Crippen LogP) is -1.34. The fourth-order valence-corrected chi connectivity index (χ4v) is 0.520. The van der Waals surface area contributed by atoms with Crippen LogP contribution in [0.5, 0.6) is 0 Å². The van der Waals surface area contributed by atoms with Gasteiger partial charge in [0.15, 0.2) is 0 Å². The van der Waals surface area contributed by atoms with Crippen LogP contribution in [0, 0.1) is 11.8 Å². The number of carbonyl (C=O) groups excluding carboxylic acids is 2. The van der Waals surface area contributed by atoms with Crippen molar-refractivity contribution in [1.82, 2.24) is 5.32 Å². The van der Waals surface area contributed by atoms with Crippen molar-refractivity contribution in [2.45, 2.75) is 13.0 Å². The number of amides is 1. The molecule has 72 valence electrons. The molecular weight excluding hydrogens is 174 g/mol. The first-order valence-electron chi connectivity index (χ1n) is 3.74. The van der Waals surface area contributed by atoms with Gasteiger partial charge in [0, 0.05) is 5.92 Å². The van der Waals surface area contributed by atoms with E-state index in [0.717, 1.165) is 0 Å². The van der Waals surface area contributed by atoms with Gasteiger partial charge in [-0.15, -0.1) is 0 Å². The number of nitrogens with one attached hydrogen (secondary N) is 1. The van der Waals surface area contributed by atoms with Crippen LogP contribution < -0.4 is 5.32 Å². The first-order valence-corrected chi connectivity index (χ1v) is 3.74. The van der Waals surface area contributed by atoms with Gasteiger partial charge in [0.25, 0.3) is 0 Å². The van der Waals surface area contributed by atoms with Gasteiger partial charge in [0.1, 0.15) is 6.10 Å². The minimum absolute atomic E-state index is 0.00406. The zero-order chi connectivity index (χ0) is 10.1. The number of hydrogen-bond donors (Lipinski definition) is 2. The lowest BCUT2D eigenvalue weighted by Crippen LogP contribution is -2.24. The molecule has 0 aromatic carbocycles. The Morgan fingerprint density at radius 2 is 2.46 bits per heavy atom. The van der Waals surface area contributed by atoms with Crippen molar-refractivity contribution >= 4 is 12.4 Å². The van der Waals surface area contributed by atoms with Crippen molar-refractivity contribution in [1.29, 1.82) is 0 Å². The van der Waals surface area contributed by atoms with Crippen molar-refractivity contribution < 1.29 is 19.4 Å². The second kappa shape index (κ2) is 7.13. The summed E-state index contributed by atoms with van der Waals surface area (Å²) in [5.74, 6) is 3.60. The van der Waals surface area contributed by atoms with Gasteiger partial charge in [-0.1, -0.05) is 5.92 Å². The molecule has 0 aliphatic rings. The van der Waals surface area contributed by atoms with Crippen LogP contribution in [0.3, 0.4) is 0 Å². The van der Waals surface area contributed by atoms with Crippen molar-refractivity contribution in [3.05, 3.63) is 0 Å². The van der Waals surface area contributed by atoms with Crippen LogP contribution in [0.25, 0.3) is 0 Å². The minimum Gasteiger partial charge on any atom is -0.456 e. The Bertz CT molecular complexity index is 228. The van der Waals surface area contributed by atoms with E-state index in [1.165, 1.54) is 0 Å². The van der Waals surface area contributed by atoms with Gasteiger partial charge in [-0.25, -0.2) is 4.79 Å². The van der Waals surface area contributed by atoms with Crippen LogP contribution >= 0.6 is 0 Å². The predicted molar refractivity (Wildman–Crippen MR) is 44.5 cm³/mol. The second-order valence-electron chi connectivity index (χ2n) is 2.03. The highest BCUT2D eigenvalue weighted by Gasteiger charge is 1.98. The number of rotatable bonds is 4. The summed E-state index contributed by atoms with van der Waals surface area (Å²) in [6.07, 6.45) is -0.607. The summed E-state index contributed by atoms with van der Waals surface area (Å²) in [7, 11) is 0. The summed E-state index contributed by atoms with van der Waals surface area (Å²) in [5, 5.41) is 11.2. The molecule has 0 saturated carbocycles. The summed E-state index contributed by atoms with van der Waals surface area (Å²) >= 11 is 0. The van der Waals surface area contributed by atoms with Crippen LogP contribution in [-0.2, 0) is 14.3 Å². The van der Waals surface area contributed by atoms with E-state index >= 15 is 0 Å². The average Bonchev–Trinajstić information content (AvgIpc) is 2.12. The molecule has 13 heavy (non-hydrogen) atoms. The topological polar surface area (TPSA) is 75.6 Å². The summed E-state index contributed by atoms with van der Waals surface area (Å²) in [4.78, 5) is 20.4. The van der Waals surface area contributed by atoms with Gasteiger partial charge >= 0.3 is 5.97 Å². The van der Waals surface area contributed by atoms with Crippen LogP contribution in [0.1, 0.15) is 6.92 Å². The maximum atomic E-state index is 10.6. The monoisotopic (exact) mass is 185 g/mol. The molecule has 5 nitrogen and oxygen atoms in total. The van der Waals surface area contributed by atoms with Crippen molar-refractivity contribution in [3.8, 4) is 11.8 Å². The molecule has 0 aromatic rings. The lowest BCUT2D eigenvalue weighted by molar-refractivity contribution is -0.136. The molecule has 5 heteroatoms. The van der Waals surface area contributed by atoms with Crippen molar-refractivity contribution in [2.24, 2.45) is 0 Å². The Kier molecular flexibility index (Phi) is 6.28. The third-order valence-corrected chi connectivity index (χ3v) is 1.01. The Labute approximate surface area is 76.1 Å². The standard InChI is InChI=1S/C8H11NO4/c1-2-13-8(12)4-3-7(11)5-9-6-10/h6-7,11H,2,5H2,1H3,(H,9,10). The summed E-state index contributed by atoms with van der Waals surface area (Å²) < 4.78 is 4.48. The summed E-state index contributed by atoms with van der Waals surface area (Å²) in [6.45, 7) is 1.90. The van der Waals surface area contributed by atoms with Gasteiger partial charge in [-0.05, 0) is 6.92 Å². The Balaban J connectivity index is 3.79. The number of aliphatic hydroxyl groups excluding tert-OH is 1. The normalized spacial score (nSPS) is 10.6. The van der Waals surface area contributed by atoms with E-state index in [1.807, 2.05) is 0 Å². The maximum Gasteiger partial charge on any atom is 0.384 e. The van der Waals surface area contributed by atoms with Gasteiger partial charge in [-0.3, -0.25) is 4.79 Å². The molecule has 0 saturated heterocycles. The molecule has 1 amide bonds. The average molecular weight is 185 g/mol. The summed E-state index contributed by atoms with van der Waals surface area (Å²) in [6, 6.07) is 0. The fourth-order valence-electron chi connectivity index (χ4n) is 0.520. The van der Waals surface area contributed by atoms with E-state index in [2.05, 4.69) is 21.9 Å². The molecule has 0 radical (unpaired) electrons. The zero-order valence-corrected chi connectivity index (χ0v) is 7.24. The van der Waals surface area contributed by atoms with Gasteiger partial charge in [0.2, 0.25) is 6.41 Å². The van der Waals surface area contributed by atoms with Crippen molar-refractivity contribution in [3.63, 3.8) is 0 Å². The Morgan fingerprint density at radius 3 is 3.00 bits per heavy atom. The van der Waals surface area contributed by atoms with E-state index < -0.39 is 12.1 Å². The third-order valence-electron chi connectivity index (χ3n) is 1.01. The van der Waals surface area contributed by atoms with Crippen molar-refractivity contribution in [2.75, 3.05) is 13.2 Å². The largest absolute Gasteiger partial charge is 0.456 e. The van der Waals surface area contributed by atoms with Crippen LogP contribution in [0.2, 0.25) is 0 Å². The number of ether oxygens (including phenoxy) is 1. The van der Waals surface area contributed by atoms with E-state index in [4.69, 9.17) is 5.11 Å².